The highest BCUT2D eigenvalue weighted by molar-refractivity contribution is 5.88. The van der Waals surface area contributed by atoms with Crippen molar-refractivity contribution >= 4 is 10.9 Å². The van der Waals surface area contributed by atoms with Crippen molar-refractivity contribution in [3.63, 3.8) is 0 Å². The van der Waals surface area contributed by atoms with Crippen LogP contribution in [0.1, 0.15) is 22.3 Å². The van der Waals surface area contributed by atoms with Crippen molar-refractivity contribution in [2.75, 3.05) is 0 Å². The fourth-order valence-corrected chi connectivity index (χ4v) is 4.04. The standard InChI is InChI=1S/C24H19N/c1-2-8-17(9-3-1)16-22-20-12-6-7-13-23(20)25-24-19-11-5-4-10-18(19)14-15-21(22)24/h1-13H,14-16H2. The first kappa shape index (κ1) is 14.4. The van der Waals surface area contributed by atoms with E-state index in [0.29, 0.717) is 0 Å². The number of rotatable bonds is 2. The van der Waals surface area contributed by atoms with E-state index in [-0.39, 0.29) is 0 Å². The highest BCUT2D eigenvalue weighted by atomic mass is 14.7. The zero-order valence-electron chi connectivity index (χ0n) is 14.1. The number of para-hydroxylation sites is 1. The van der Waals surface area contributed by atoms with Gasteiger partial charge in [0.1, 0.15) is 0 Å². The molecule has 25 heavy (non-hydrogen) atoms. The third kappa shape index (κ3) is 2.44. The molecule has 1 nitrogen and oxygen atoms in total. The summed E-state index contributed by atoms with van der Waals surface area (Å²) < 4.78 is 0. The van der Waals surface area contributed by atoms with Gasteiger partial charge in [-0.15, -0.1) is 0 Å². The Balaban J connectivity index is 1.79. The van der Waals surface area contributed by atoms with Crippen molar-refractivity contribution in [1.29, 1.82) is 0 Å². The maximum absolute atomic E-state index is 5.06. The molecule has 0 atom stereocenters. The number of fused-ring (bicyclic) bond motifs is 4. The Labute approximate surface area is 148 Å². The average Bonchev–Trinajstić information content (AvgIpc) is 2.68. The van der Waals surface area contributed by atoms with Crippen LogP contribution in [0.15, 0.2) is 78.9 Å². The van der Waals surface area contributed by atoms with Gasteiger partial charge in [-0.2, -0.15) is 0 Å². The van der Waals surface area contributed by atoms with E-state index in [1.165, 1.54) is 38.9 Å². The summed E-state index contributed by atoms with van der Waals surface area (Å²) >= 11 is 0. The second kappa shape index (κ2) is 5.86. The predicted molar refractivity (Wildman–Crippen MR) is 104 cm³/mol. The maximum atomic E-state index is 5.06. The van der Waals surface area contributed by atoms with E-state index < -0.39 is 0 Å². The molecule has 120 valence electrons. The minimum Gasteiger partial charge on any atom is -0.247 e. The molecule has 0 unspecified atom stereocenters. The number of pyridine rings is 1. The van der Waals surface area contributed by atoms with Crippen LogP contribution < -0.4 is 0 Å². The normalized spacial score (nSPS) is 12.6. The van der Waals surface area contributed by atoms with Crippen molar-refractivity contribution in [1.82, 2.24) is 4.98 Å². The molecule has 1 aliphatic carbocycles. The third-order valence-electron chi connectivity index (χ3n) is 5.25. The molecule has 1 aromatic heterocycles. The third-order valence-corrected chi connectivity index (χ3v) is 5.25. The molecule has 0 radical (unpaired) electrons. The molecule has 4 aromatic rings. The average molecular weight is 321 g/mol. The van der Waals surface area contributed by atoms with Gasteiger partial charge in [-0.25, -0.2) is 4.98 Å². The molecule has 0 saturated heterocycles. The lowest BCUT2D eigenvalue weighted by atomic mass is 9.83. The van der Waals surface area contributed by atoms with Gasteiger partial charge in [0, 0.05) is 10.9 Å². The second-order valence-corrected chi connectivity index (χ2v) is 6.75. The minimum atomic E-state index is 0.967. The smallest absolute Gasteiger partial charge is 0.0747 e. The molecule has 1 heterocycles. The van der Waals surface area contributed by atoms with Crippen LogP contribution in [0.3, 0.4) is 0 Å². The van der Waals surface area contributed by atoms with Crippen molar-refractivity contribution in [3.05, 3.63) is 101 Å². The van der Waals surface area contributed by atoms with Gasteiger partial charge < -0.3 is 0 Å². The molecule has 0 N–H and O–H groups in total. The number of benzene rings is 3. The van der Waals surface area contributed by atoms with Crippen LogP contribution in [0.25, 0.3) is 22.2 Å². The Morgan fingerprint density at radius 3 is 2.40 bits per heavy atom. The van der Waals surface area contributed by atoms with Crippen LogP contribution in [-0.2, 0) is 19.3 Å². The Kier molecular flexibility index (Phi) is 3.38. The van der Waals surface area contributed by atoms with Gasteiger partial charge in [-0.05, 0) is 47.6 Å². The van der Waals surface area contributed by atoms with Crippen molar-refractivity contribution in [2.45, 2.75) is 19.3 Å². The highest BCUT2D eigenvalue weighted by Crippen LogP contribution is 2.37. The number of aryl methyl sites for hydroxylation is 1. The SMILES string of the molecule is c1ccc(Cc2c3c(nc4ccccc24)-c2ccccc2CC3)cc1. The molecule has 0 fully saturated rings. The first-order valence-corrected chi connectivity index (χ1v) is 8.93. The van der Waals surface area contributed by atoms with Gasteiger partial charge in [0.25, 0.3) is 0 Å². The monoisotopic (exact) mass is 321 g/mol. The first-order chi connectivity index (χ1) is 12.4. The molecule has 0 amide bonds. The molecular formula is C24H19N. The highest BCUT2D eigenvalue weighted by Gasteiger charge is 2.22. The largest absolute Gasteiger partial charge is 0.247 e. The van der Waals surface area contributed by atoms with E-state index in [9.17, 15) is 0 Å². The quantitative estimate of drug-likeness (QED) is 0.469. The number of hydrogen-bond acceptors (Lipinski definition) is 1. The topological polar surface area (TPSA) is 12.9 Å². The summed E-state index contributed by atoms with van der Waals surface area (Å²) in [4.78, 5) is 5.06. The zero-order chi connectivity index (χ0) is 16.6. The number of aromatic nitrogens is 1. The Hall–Kier alpha value is -2.93. The van der Waals surface area contributed by atoms with Gasteiger partial charge in [0.2, 0.25) is 0 Å². The lowest BCUT2D eigenvalue weighted by Crippen LogP contribution is -2.10. The number of hydrogen-bond donors (Lipinski definition) is 0. The van der Waals surface area contributed by atoms with E-state index in [2.05, 4.69) is 78.9 Å². The van der Waals surface area contributed by atoms with Crippen molar-refractivity contribution in [3.8, 4) is 11.3 Å². The molecule has 1 aliphatic rings. The van der Waals surface area contributed by atoms with Crippen LogP contribution >= 0.6 is 0 Å². The summed E-state index contributed by atoms with van der Waals surface area (Å²) in [6.45, 7) is 0. The molecule has 1 heteroatoms. The zero-order valence-corrected chi connectivity index (χ0v) is 14.1. The van der Waals surface area contributed by atoms with Crippen LogP contribution in [0, 0.1) is 0 Å². The first-order valence-electron chi connectivity index (χ1n) is 8.93. The van der Waals surface area contributed by atoms with Crippen LogP contribution in [0.4, 0.5) is 0 Å². The Morgan fingerprint density at radius 1 is 0.720 bits per heavy atom. The Morgan fingerprint density at radius 2 is 1.48 bits per heavy atom. The summed E-state index contributed by atoms with van der Waals surface area (Å²) in [5.74, 6) is 0. The minimum absolute atomic E-state index is 0.967. The van der Waals surface area contributed by atoms with E-state index in [1.54, 1.807) is 0 Å². The van der Waals surface area contributed by atoms with E-state index in [0.717, 1.165) is 24.8 Å². The molecule has 5 rings (SSSR count). The second-order valence-electron chi connectivity index (χ2n) is 6.75. The fourth-order valence-electron chi connectivity index (χ4n) is 4.04. The number of nitrogens with zero attached hydrogens (tertiary/aromatic N) is 1. The lowest BCUT2D eigenvalue weighted by molar-refractivity contribution is 0.913. The molecule has 0 saturated carbocycles. The van der Waals surface area contributed by atoms with E-state index >= 15 is 0 Å². The van der Waals surface area contributed by atoms with Gasteiger partial charge >= 0.3 is 0 Å². The van der Waals surface area contributed by atoms with E-state index in [4.69, 9.17) is 4.98 Å². The summed E-state index contributed by atoms with van der Waals surface area (Å²) in [5.41, 5.74) is 9.25. The van der Waals surface area contributed by atoms with Crippen LogP contribution in [0.2, 0.25) is 0 Å². The maximum Gasteiger partial charge on any atom is 0.0747 e. The van der Waals surface area contributed by atoms with Gasteiger partial charge in [0.15, 0.2) is 0 Å². The van der Waals surface area contributed by atoms with E-state index in [1.807, 2.05) is 0 Å². The molecule has 0 bridgehead atoms. The molecule has 3 aromatic carbocycles. The van der Waals surface area contributed by atoms with Gasteiger partial charge in [-0.1, -0.05) is 72.8 Å². The summed E-state index contributed by atoms with van der Waals surface area (Å²) in [5, 5.41) is 1.30. The van der Waals surface area contributed by atoms with Gasteiger partial charge in [-0.3, -0.25) is 0 Å². The van der Waals surface area contributed by atoms with Crippen molar-refractivity contribution < 1.29 is 0 Å². The summed E-state index contributed by atoms with van der Waals surface area (Å²) in [6.07, 6.45) is 3.14. The van der Waals surface area contributed by atoms with Gasteiger partial charge in [0.05, 0.1) is 11.2 Å². The summed E-state index contributed by atoms with van der Waals surface area (Å²) in [7, 11) is 0. The van der Waals surface area contributed by atoms with Crippen LogP contribution in [0.5, 0.6) is 0 Å². The predicted octanol–water partition coefficient (Wildman–Crippen LogP) is 5.59. The molecular weight excluding hydrogens is 302 g/mol. The Bertz CT molecular complexity index is 1060. The van der Waals surface area contributed by atoms with Crippen molar-refractivity contribution in [2.24, 2.45) is 0 Å². The molecule has 0 spiro atoms. The lowest BCUT2D eigenvalue weighted by Gasteiger charge is -2.23. The fraction of sp³-hybridized carbons (Fsp3) is 0.125. The molecule has 0 aliphatic heterocycles. The summed E-state index contributed by atoms with van der Waals surface area (Å²) in [6, 6.07) is 28.1. The van der Waals surface area contributed by atoms with Crippen LogP contribution in [-0.4, -0.2) is 4.98 Å².